The molecule has 0 saturated heterocycles. The number of para-hydroxylation sites is 1. The number of hydrogen-bond donors (Lipinski definition) is 3. The number of nitrogens with one attached hydrogen (secondary N) is 3. The fraction of sp³-hybridized carbons (Fsp3) is 0.261. The molecule has 3 rings (SSSR count). The second-order valence-corrected chi connectivity index (χ2v) is 8.03. The molecule has 3 aromatic rings. The van der Waals surface area contributed by atoms with Crippen molar-refractivity contribution in [2.45, 2.75) is 40.0 Å². The maximum atomic E-state index is 11.3. The molecule has 3 N–H and O–H groups in total. The molecule has 150 valence electrons. The van der Waals surface area contributed by atoms with Gasteiger partial charge in [-0.3, -0.25) is 4.79 Å². The summed E-state index contributed by atoms with van der Waals surface area (Å²) in [6, 6.07) is 17.6. The maximum Gasteiger partial charge on any atom is 0.229 e. The first-order chi connectivity index (χ1) is 13.7. The first-order valence-electron chi connectivity index (χ1n) is 9.57. The number of aryl methyl sites for hydroxylation is 1. The van der Waals surface area contributed by atoms with E-state index in [1.165, 1.54) is 12.5 Å². The van der Waals surface area contributed by atoms with Gasteiger partial charge in [-0.15, -0.1) is 0 Å². The van der Waals surface area contributed by atoms with Gasteiger partial charge in [0, 0.05) is 35.7 Å². The normalized spacial score (nSPS) is 11.1. The number of carbonyl (C=O) groups is 1. The van der Waals surface area contributed by atoms with Gasteiger partial charge in [0.25, 0.3) is 0 Å². The van der Waals surface area contributed by atoms with E-state index >= 15 is 0 Å². The molecule has 0 atom stereocenters. The third-order valence-corrected chi connectivity index (χ3v) is 4.29. The van der Waals surface area contributed by atoms with Gasteiger partial charge in [0.05, 0.1) is 0 Å². The monoisotopic (exact) mass is 389 g/mol. The van der Waals surface area contributed by atoms with Crippen LogP contribution in [-0.2, 0) is 10.2 Å². The number of nitrogens with zero attached hydrogens (tertiary/aromatic N) is 2. The summed E-state index contributed by atoms with van der Waals surface area (Å²) in [5.41, 5.74) is 4.61. The number of carbonyl (C=O) groups excluding carboxylic acids is 1. The van der Waals surface area contributed by atoms with Crippen LogP contribution in [0.25, 0.3) is 0 Å². The van der Waals surface area contributed by atoms with E-state index in [4.69, 9.17) is 0 Å². The van der Waals surface area contributed by atoms with Gasteiger partial charge in [-0.25, -0.2) is 4.98 Å². The van der Waals surface area contributed by atoms with Crippen molar-refractivity contribution in [2.24, 2.45) is 0 Å². The lowest BCUT2D eigenvalue weighted by Gasteiger charge is -2.23. The van der Waals surface area contributed by atoms with Crippen LogP contribution >= 0.6 is 0 Å². The Morgan fingerprint density at radius 3 is 2.34 bits per heavy atom. The molecule has 6 heteroatoms. The Morgan fingerprint density at radius 1 is 0.897 bits per heavy atom. The zero-order chi connectivity index (χ0) is 21.0. The third-order valence-electron chi connectivity index (χ3n) is 4.29. The standard InChI is InChI=1S/C23H27N5O/c1-15-13-21(27-20-12-7-6-11-19(20)23(3,4)5)28-22(24-15)26-18-10-8-9-17(14-18)25-16(2)29/h6-14H,1-5H3,(H,25,29)(H2,24,26,27,28). The van der Waals surface area contributed by atoms with Crippen molar-refractivity contribution < 1.29 is 4.79 Å². The summed E-state index contributed by atoms with van der Waals surface area (Å²) < 4.78 is 0. The van der Waals surface area contributed by atoms with E-state index in [1.54, 1.807) is 0 Å². The van der Waals surface area contributed by atoms with E-state index in [-0.39, 0.29) is 11.3 Å². The number of hydrogen-bond acceptors (Lipinski definition) is 5. The number of benzene rings is 2. The molecule has 0 radical (unpaired) electrons. The van der Waals surface area contributed by atoms with Crippen molar-refractivity contribution in [3.8, 4) is 0 Å². The summed E-state index contributed by atoms with van der Waals surface area (Å²) in [6.07, 6.45) is 0. The van der Waals surface area contributed by atoms with Gasteiger partial charge in [0.2, 0.25) is 11.9 Å². The number of aromatic nitrogens is 2. The summed E-state index contributed by atoms with van der Waals surface area (Å²) in [7, 11) is 0. The summed E-state index contributed by atoms with van der Waals surface area (Å²) in [6.45, 7) is 9.98. The molecular formula is C23H27N5O. The van der Waals surface area contributed by atoms with E-state index in [9.17, 15) is 4.79 Å². The molecular weight excluding hydrogens is 362 g/mol. The predicted octanol–water partition coefficient (Wildman–Crippen LogP) is 5.53. The van der Waals surface area contributed by atoms with E-state index in [2.05, 4.69) is 58.8 Å². The van der Waals surface area contributed by atoms with Crippen molar-refractivity contribution >= 4 is 34.7 Å². The van der Waals surface area contributed by atoms with Crippen molar-refractivity contribution in [3.05, 3.63) is 65.9 Å². The smallest absolute Gasteiger partial charge is 0.229 e. The Balaban J connectivity index is 1.86. The van der Waals surface area contributed by atoms with Gasteiger partial charge in [-0.05, 0) is 42.2 Å². The van der Waals surface area contributed by atoms with Crippen LogP contribution < -0.4 is 16.0 Å². The Hall–Kier alpha value is -3.41. The van der Waals surface area contributed by atoms with Gasteiger partial charge in [-0.1, -0.05) is 45.0 Å². The molecule has 0 saturated carbocycles. The van der Waals surface area contributed by atoms with Crippen molar-refractivity contribution in [1.82, 2.24) is 9.97 Å². The van der Waals surface area contributed by atoms with Crippen LogP contribution in [0.3, 0.4) is 0 Å². The lowest BCUT2D eigenvalue weighted by molar-refractivity contribution is -0.114. The SMILES string of the molecule is CC(=O)Nc1cccc(Nc2nc(C)cc(Nc3ccccc3C(C)(C)C)n2)c1. The minimum atomic E-state index is -0.113. The van der Waals surface area contributed by atoms with Gasteiger partial charge in [-0.2, -0.15) is 4.98 Å². The quantitative estimate of drug-likeness (QED) is 0.535. The van der Waals surface area contributed by atoms with Crippen LogP contribution in [-0.4, -0.2) is 15.9 Å². The molecule has 0 bridgehead atoms. The molecule has 1 aromatic heterocycles. The van der Waals surface area contributed by atoms with Crippen LogP contribution in [0.15, 0.2) is 54.6 Å². The Morgan fingerprint density at radius 2 is 1.62 bits per heavy atom. The highest BCUT2D eigenvalue weighted by molar-refractivity contribution is 5.89. The summed E-state index contributed by atoms with van der Waals surface area (Å²) in [5.74, 6) is 1.09. The van der Waals surface area contributed by atoms with Gasteiger partial charge in [0.1, 0.15) is 5.82 Å². The molecule has 0 fully saturated rings. The van der Waals surface area contributed by atoms with E-state index in [0.29, 0.717) is 11.6 Å². The molecule has 2 aromatic carbocycles. The average molecular weight is 390 g/mol. The molecule has 0 aliphatic rings. The van der Waals surface area contributed by atoms with Gasteiger partial charge < -0.3 is 16.0 Å². The zero-order valence-corrected chi connectivity index (χ0v) is 17.5. The van der Waals surface area contributed by atoms with Crippen LogP contribution in [0.4, 0.5) is 28.8 Å². The summed E-state index contributed by atoms with van der Waals surface area (Å²) in [5, 5.41) is 9.43. The molecule has 29 heavy (non-hydrogen) atoms. The molecule has 1 heterocycles. The second kappa shape index (κ2) is 8.31. The topological polar surface area (TPSA) is 78.9 Å². The first-order valence-corrected chi connectivity index (χ1v) is 9.57. The third kappa shape index (κ3) is 5.54. The minimum Gasteiger partial charge on any atom is -0.340 e. The highest BCUT2D eigenvalue weighted by Crippen LogP contribution is 2.31. The molecule has 0 spiro atoms. The highest BCUT2D eigenvalue weighted by atomic mass is 16.1. The fourth-order valence-corrected chi connectivity index (χ4v) is 3.08. The minimum absolute atomic E-state index is 0.0108. The molecule has 1 amide bonds. The van der Waals surface area contributed by atoms with E-state index < -0.39 is 0 Å². The fourth-order valence-electron chi connectivity index (χ4n) is 3.08. The second-order valence-electron chi connectivity index (χ2n) is 8.03. The number of amides is 1. The summed E-state index contributed by atoms with van der Waals surface area (Å²) in [4.78, 5) is 20.4. The van der Waals surface area contributed by atoms with Gasteiger partial charge >= 0.3 is 0 Å². The lowest BCUT2D eigenvalue weighted by Crippen LogP contribution is -2.14. The summed E-state index contributed by atoms with van der Waals surface area (Å²) >= 11 is 0. The van der Waals surface area contributed by atoms with Crippen molar-refractivity contribution in [2.75, 3.05) is 16.0 Å². The predicted molar refractivity (Wildman–Crippen MR) is 119 cm³/mol. The largest absolute Gasteiger partial charge is 0.340 e. The Bertz CT molecular complexity index is 1020. The molecule has 0 aliphatic heterocycles. The Labute approximate surface area is 171 Å². The van der Waals surface area contributed by atoms with Crippen LogP contribution in [0.5, 0.6) is 0 Å². The number of anilines is 5. The van der Waals surface area contributed by atoms with Gasteiger partial charge in [0.15, 0.2) is 0 Å². The van der Waals surface area contributed by atoms with E-state index in [1.807, 2.05) is 49.4 Å². The average Bonchev–Trinajstić information content (AvgIpc) is 2.60. The van der Waals surface area contributed by atoms with Crippen LogP contribution in [0.1, 0.15) is 39.0 Å². The maximum absolute atomic E-state index is 11.3. The Kier molecular flexibility index (Phi) is 5.82. The molecule has 6 nitrogen and oxygen atoms in total. The van der Waals surface area contributed by atoms with Crippen molar-refractivity contribution in [1.29, 1.82) is 0 Å². The van der Waals surface area contributed by atoms with Crippen molar-refractivity contribution in [3.63, 3.8) is 0 Å². The van der Waals surface area contributed by atoms with Crippen LogP contribution in [0, 0.1) is 6.92 Å². The number of rotatable bonds is 5. The first kappa shape index (κ1) is 20.3. The van der Waals surface area contributed by atoms with Crippen LogP contribution in [0.2, 0.25) is 0 Å². The molecule has 0 unspecified atom stereocenters. The zero-order valence-electron chi connectivity index (χ0n) is 17.5. The lowest BCUT2D eigenvalue weighted by atomic mass is 9.86. The molecule has 0 aliphatic carbocycles. The highest BCUT2D eigenvalue weighted by Gasteiger charge is 2.18. The van der Waals surface area contributed by atoms with E-state index in [0.717, 1.165) is 22.9 Å².